The molecule has 16 heavy (non-hydrogen) atoms. The summed E-state index contributed by atoms with van der Waals surface area (Å²) in [7, 11) is 0. The Labute approximate surface area is 111 Å². The van der Waals surface area contributed by atoms with Gasteiger partial charge in [0.1, 0.15) is 0 Å². The summed E-state index contributed by atoms with van der Waals surface area (Å²) in [5.41, 5.74) is 0.926. The smallest absolute Gasteiger partial charge is 0.0574 e. The predicted octanol–water partition coefficient (Wildman–Crippen LogP) is 5.03. The molecule has 0 saturated heterocycles. The largest absolute Gasteiger partial charge is 0.0944 e. The van der Waals surface area contributed by atoms with Gasteiger partial charge in [0, 0.05) is 10.4 Å². The highest BCUT2D eigenvalue weighted by Gasteiger charge is 2.10. The second-order valence-electron chi connectivity index (χ2n) is 4.20. The van der Waals surface area contributed by atoms with E-state index in [1.54, 1.807) is 0 Å². The normalized spacial score (nSPS) is 16.6. The molecule has 2 rings (SSSR count). The average Bonchev–Trinajstić information content (AvgIpc) is 2.30. The van der Waals surface area contributed by atoms with Gasteiger partial charge in [-0.2, -0.15) is 0 Å². The molecule has 1 aromatic rings. The fourth-order valence-electron chi connectivity index (χ4n) is 2.04. The summed E-state index contributed by atoms with van der Waals surface area (Å²) >= 11 is 9.60. The molecule has 1 saturated carbocycles. The third-order valence-corrected chi connectivity index (χ3v) is 3.95. The molecule has 2 heteroatoms. The van der Waals surface area contributed by atoms with Gasteiger partial charge in [0.15, 0.2) is 0 Å². The molecular formula is C14H14BrCl. The molecule has 0 radical (unpaired) electrons. The molecule has 0 spiro atoms. The van der Waals surface area contributed by atoms with Crippen molar-refractivity contribution in [2.24, 2.45) is 5.92 Å². The highest BCUT2D eigenvalue weighted by Crippen LogP contribution is 2.25. The van der Waals surface area contributed by atoms with E-state index in [9.17, 15) is 0 Å². The van der Waals surface area contributed by atoms with Crippen LogP contribution in [0.4, 0.5) is 0 Å². The van der Waals surface area contributed by atoms with Gasteiger partial charge in [0.2, 0.25) is 0 Å². The van der Waals surface area contributed by atoms with Crippen LogP contribution in [0.1, 0.15) is 37.7 Å². The molecule has 84 valence electrons. The van der Waals surface area contributed by atoms with Gasteiger partial charge >= 0.3 is 0 Å². The molecule has 0 N–H and O–H groups in total. The third kappa shape index (κ3) is 3.03. The second kappa shape index (κ2) is 5.75. The zero-order valence-corrected chi connectivity index (χ0v) is 11.4. The van der Waals surface area contributed by atoms with E-state index in [0.717, 1.165) is 15.1 Å². The van der Waals surface area contributed by atoms with E-state index in [0.29, 0.717) is 5.92 Å². The lowest BCUT2D eigenvalue weighted by Crippen LogP contribution is -2.03. The van der Waals surface area contributed by atoms with Gasteiger partial charge in [0.05, 0.1) is 10.6 Å². The summed E-state index contributed by atoms with van der Waals surface area (Å²) in [5.74, 6) is 7.14. The maximum Gasteiger partial charge on any atom is 0.0574 e. The molecule has 0 aromatic heterocycles. The van der Waals surface area contributed by atoms with Crippen molar-refractivity contribution in [3.05, 3.63) is 33.3 Å². The number of hydrogen-bond acceptors (Lipinski definition) is 0. The molecule has 0 heterocycles. The van der Waals surface area contributed by atoms with Crippen LogP contribution in [0.2, 0.25) is 5.02 Å². The summed E-state index contributed by atoms with van der Waals surface area (Å²) in [5, 5.41) is 0.734. The molecule has 0 amide bonds. The summed E-state index contributed by atoms with van der Waals surface area (Å²) in [6.45, 7) is 0. The van der Waals surface area contributed by atoms with Crippen LogP contribution in [0.5, 0.6) is 0 Å². The molecule has 1 aliphatic rings. The van der Waals surface area contributed by atoms with Gasteiger partial charge in [-0.1, -0.05) is 48.8 Å². The fraction of sp³-hybridized carbons (Fsp3) is 0.429. The Morgan fingerprint density at radius 1 is 1.19 bits per heavy atom. The van der Waals surface area contributed by atoms with Crippen LogP contribution < -0.4 is 0 Å². The van der Waals surface area contributed by atoms with Gasteiger partial charge in [0.25, 0.3) is 0 Å². The number of halogens is 2. The third-order valence-electron chi connectivity index (χ3n) is 2.97. The zero-order valence-electron chi connectivity index (χ0n) is 9.10. The van der Waals surface area contributed by atoms with Crippen molar-refractivity contribution in [3.63, 3.8) is 0 Å². The van der Waals surface area contributed by atoms with E-state index in [1.165, 1.54) is 32.1 Å². The van der Waals surface area contributed by atoms with Gasteiger partial charge < -0.3 is 0 Å². The number of hydrogen-bond donors (Lipinski definition) is 0. The molecule has 1 aromatic carbocycles. The minimum atomic E-state index is 0.567. The summed E-state index contributed by atoms with van der Waals surface area (Å²) in [6, 6.07) is 5.80. The maximum absolute atomic E-state index is 6.11. The van der Waals surface area contributed by atoms with Crippen LogP contribution in [-0.4, -0.2) is 0 Å². The predicted molar refractivity (Wildman–Crippen MR) is 72.6 cm³/mol. The highest BCUT2D eigenvalue weighted by atomic mass is 79.9. The number of benzene rings is 1. The van der Waals surface area contributed by atoms with Crippen LogP contribution in [-0.2, 0) is 0 Å². The summed E-state index contributed by atoms with van der Waals surface area (Å²) < 4.78 is 0.989. The molecular weight excluding hydrogens is 284 g/mol. The lowest BCUT2D eigenvalue weighted by atomic mass is 9.90. The van der Waals surface area contributed by atoms with Crippen LogP contribution in [0.3, 0.4) is 0 Å². The lowest BCUT2D eigenvalue weighted by Gasteiger charge is -2.15. The van der Waals surface area contributed by atoms with Gasteiger partial charge in [-0.3, -0.25) is 0 Å². The first-order chi connectivity index (χ1) is 7.77. The average molecular weight is 298 g/mol. The van der Waals surface area contributed by atoms with E-state index in [4.69, 9.17) is 11.6 Å². The maximum atomic E-state index is 6.11. The quantitative estimate of drug-likeness (QED) is 0.589. The number of rotatable bonds is 0. The second-order valence-corrected chi connectivity index (χ2v) is 5.46. The Morgan fingerprint density at radius 3 is 2.62 bits per heavy atom. The van der Waals surface area contributed by atoms with E-state index in [-0.39, 0.29) is 0 Å². The molecule has 1 aliphatic carbocycles. The highest BCUT2D eigenvalue weighted by molar-refractivity contribution is 9.10. The molecule has 0 aliphatic heterocycles. The van der Waals surface area contributed by atoms with Crippen molar-refractivity contribution in [2.75, 3.05) is 0 Å². The van der Waals surface area contributed by atoms with Crippen molar-refractivity contribution < 1.29 is 0 Å². The van der Waals surface area contributed by atoms with Crippen molar-refractivity contribution in [3.8, 4) is 11.8 Å². The van der Waals surface area contributed by atoms with Crippen LogP contribution in [0.25, 0.3) is 0 Å². The van der Waals surface area contributed by atoms with Crippen LogP contribution in [0.15, 0.2) is 22.7 Å². The zero-order chi connectivity index (χ0) is 11.4. The van der Waals surface area contributed by atoms with Crippen molar-refractivity contribution >= 4 is 27.5 Å². The Bertz CT molecular complexity index is 402. The van der Waals surface area contributed by atoms with Crippen molar-refractivity contribution in [2.45, 2.75) is 32.1 Å². The van der Waals surface area contributed by atoms with Gasteiger partial charge in [-0.15, -0.1) is 0 Å². The molecule has 0 bridgehead atoms. The topological polar surface area (TPSA) is 0 Å². The van der Waals surface area contributed by atoms with Crippen LogP contribution >= 0.6 is 27.5 Å². The van der Waals surface area contributed by atoms with E-state index in [1.807, 2.05) is 18.2 Å². The first kappa shape index (κ1) is 12.0. The van der Waals surface area contributed by atoms with E-state index >= 15 is 0 Å². The van der Waals surface area contributed by atoms with E-state index in [2.05, 4.69) is 27.8 Å². The molecule has 1 fully saturated rings. The fourth-order valence-corrected chi connectivity index (χ4v) is 2.84. The standard InChI is InChI=1S/C14H14BrCl/c15-13-7-4-8-14(16)12(13)10-9-11-5-2-1-3-6-11/h4,7-8,11H,1-3,5-6H2. The first-order valence-corrected chi connectivity index (χ1v) is 6.90. The molecule has 0 unspecified atom stereocenters. The first-order valence-electron chi connectivity index (χ1n) is 5.73. The Balaban J connectivity index is 2.16. The Hall–Kier alpha value is -0.450. The summed E-state index contributed by atoms with van der Waals surface area (Å²) in [6.07, 6.45) is 6.50. The lowest BCUT2D eigenvalue weighted by molar-refractivity contribution is 0.430. The van der Waals surface area contributed by atoms with E-state index < -0.39 is 0 Å². The monoisotopic (exact) mass is 296 g/mol. The SMILES string of the molecule is Clc1cccc(Br)c1C#CC1CCCCC1. The van der Waals surface area contributed by atoms with Gasteiger partial charge in [-0.05, 0) is 40.9 Å². The Morgan fingerprint density at radius 2 is 1.94 bits per heavy atom. The summed E-state index contributed by atoms with van der Waals surface area (Å²) in [4.78, 5) is 0. The van der Waals surface area contributed by atoms with Gasteiger partial charge in [-0.25, -0.2) is 0 Å². The van der Waals surface area contributed by atoms with Crippen LogP contribution in [0, 0.1) is 17.8 Å². The molecule has 0 nitrogen and oxygen atoms in total. The Kier molecular flexibility index (Phi) is 4.32. The van der Waals surface area contributed by atoms with Crippen molar-refractivity contribution in [1.29, 1.82) is 0 Å². The van der Waals surface area contributed by atoms with Crippen molar-refractivity contribution in [1.82, 2.24) is 0 Å². The molecule has 0 atom stereocenters. The minimum absolute atomic E-state index is 0.567. The minimum Gasteiger partial charge on any atom is -0.0944 e.